The summed E-state index contributed by atoms with van der Waals surface area (Å²) in [6, 6.07) is 8.71. The van der Waals surface area contributed by atoms with Crippen molar-refractivity contribution in [2.24, 2.45) is 0 Å². The Kier molecular flexibility index (Phi) is 5.39. The molecule has 29 heavy (non-hydrogen) atoms. The Hall–Kier alpha value is -3.46. The van der Waals surface area contributed by atoms with Crippen LogP contribution in [0.15, 0.2) is 42.9 Å². The molecule has 3 aromatic rings. The maximum Gasteiger partial charge on any atom is 0.322 e. The Morgan fingerprint density at radius 2 is 2.17 bits per heavy atom. The highest BCUT2D eigenvalue weighted by atomic mass is 16.5. The first-order valence-corrected chi connectivity index (χ1v) is 9.33. The number of rotatable bonds is 4. The number of benzene rings is 1. The molecule has 0 bridgehead atoms. The van der Waals surface area contributed by atoms with E-state index in [0.717, 1.165) is 11.1 Å². The van der Waals surface area contributed by atoms with Crippen molar-refractivity contribution in [1.82, 2.24) is 25.1 Å². The van der Waals surface area contributed by atoms with Crippen LogP contribution < -0.4 is 10.1 Å². The van der Waals surface area contributed by atoms with Gasteiger partial charge in [-0.25, -0.2) is 14.8 Å². The van der Waals surface area contributed by atoms with Crippen LogP contribution in [0.5, 0.6) is 11.6 Å². The normalized spacial score (nSPS) is 16.5. The van der Waals surface area contributed by atoms with Gasteiger partial charge in [0, 0.05) is 12.7 Å². The van der Waals surface area contributed by atoms with Gasteiger partial charge in [0.2, 0.25) is 5.88 Å². The number of morpholine rings is 1. The van der Waals surface area contributed by atoms with E-state index >= 15 is 0 Å². The van der Waals surface area contributed by atoms with Gasteiger partial charge in [0.05, 0.1) is 13.2 Å². The standard InChI is InChI=1S/C20H22N6O3/c1-13-5-3-7-17(14(13)2)29-19-15(6-4-8-21-19)24-20(27)26-9-10-28-11-16(26)18-22-12-23-25-18/h3-8,12,16H,9-11H2,1-2H3,(H,24,27)(H,22,23,25). The Morgan fingerprint density at radius 3 is 3.00 bits per heavy atom. The van der Waals surface area contributed by atoms with Crippen LogP contribution in [-0.2, 0) is 4.74 Å². The van der Waals surface area contributed by atoms with E-state index in [0.29, 0.717) is 42.9 Å². The lowest BCUT2D eigenvalue weighted by Gasteiger charge is -2.34. The summed E-state index contributed by atoms with van der Waals surface area (Å²) in [6.45, 7) is 5.25. The van der Waals surface area contributed by atoms with Crippen molar-refractivity contribution in [3.8, 4) is 11.6 Å². The van der Waals surface area contributed by atoms with Gasteiger partial charge in [-0.05, 0) is 43.2 Å². The van der Waals surface area contributed by atoms with Crippen molar-refractivity contribution < 1.29 is 14.3 Å². The molecule has 2 N–H and O–H groups in total. The average Bonchev–Trinajstić information content (AvgIpc) is 3.27. The van der Waals surface area contributed by atoms with Gasteiger partial charge in [-0.15, -0.1) is 0 Å². The number of pyridine rings is 1. The van der Waals surface area contributed by atoms with E-state index in [-0.39, 0.29) is 12.1 Å². The van der Waals surface area contributed by atoms with Gasteiger partial charge in [0.15, 0.2) is 0 Å². The van der Waals surface area contributed by atoms with Crippen LogP contribution in [0.1, 0.15) is 23.0 Å². The van der Waals surface area contributed by atoms with Crippen molar-refractivity contribution in [2.45, 2.75) is 19.9 Å². The molecule has 1 aliphatic heterocycles. The van der Waals surface area contributed by atoms with E-state index in [4.69, 9.17) is 9.47 Å². The Balaban J connectivity index is 1.55. The summed E-state index contributed by atoms with van der Waals surface area (Å²) in [5.74, 6) is 1.61. The van der Waals surface area contributed by atoms with Gasteiger partial charge in [0.1, 0.15) is 29.6 Å². The van der Waals surface area contributed by atoms with E-state index in [1.54, 1.807) is 23.2 Å². The van der Waals surface area contributed by atoms with Crippen molar-refractivity contribution >= 4 is 11.7 Å². The van der Waals surface area contributed by atoms with Gasteiger partial charge in [-0.3, -0.25) is 5.10 Å². The Bertz CT molecular complexity index is 992. The summed E-state index contributed by atoms with van der Waals surface area (Å²) in [4.78, 5) is 23.1. The number of urea groups is 1. The number of aryl methyl sites for hydroxylation is 1. The van der Waals surface area contributed by atoms with Crippen LogP contribution in [-0.4, -0.2) is 50.9 Å². The van der Waals surface area contributed by atoms with Gasteiger partial charge in [0.25, 0.3) is 0 Å². The van der Waals surface area contributed by atoms with Crippen molar-refractivity contribution in [3.05, 3.63) is 59.8 Å². The second-order valence-electron chi connectivity index (χ2n) is 6.74. The van der Waals surface area contributed by atoms with Crippen molar-refractivity contribution in [3.63, 3.8) is 0 Å². The summed E-state index contributed by atoms with van der Waals surface area (Å²) in [5, 5.41) is 9.59. The molecule has 0 saturated carbocycles. The van der Waals surface area contributed by atoms with Crippen LogP contribution in [0.3, 0.4) is 0 Å². The fraction of sp³-hybridized carbons (Fsp3) is 0.300. The van der Waals surface area contributed by atoms with E-state index in [1.165, 1.54) is 6.33 Å². The van der Waals surface area contributed by atoms with Crippen LogP contribution >= 0.6 is 0 Å². The second-order valence-corrected chi connectivity index (χ2v) is 6.74. The minimum Gasteiger partial charge on any atom is -0.437 e. The Morgan fingerprint density at radius 1 is 1.28 bits per heavy atom. The molecule has 9 heteroatoms. The maximum absolute atomic E-state index is 13.0. The van der Waals surface area contributed by atoms with E-state index in [1.807, 2.05) is 32.0 Å². The molecule has 9 nitrogen and oxygen atoms in total. The summed E-state index contributed by atoms with van der Waals surface area (Å²) < 4.78 is 11.5. The molecular formula is C20H22N6O3. The number of carbonyl (C=O) groups is 1. The fourth-order valence-corrected chi connectivity index (χ4v) is 3.14. The number of nitrogens with one attached hydrogen (secondary N) is 2. The molecule has 4 rings (SSSR count). The molecule has 2 aromatic heterocycles. The predicted molar refractivity (Wildman–Crippen MR) is 106 cm³/mol. The smallest absolute Gasteiger partial charge is 0.322 e. The fourth-order valence-electron chi connectivity index (χ4n) is 3.14. The first-order chi connectivity index (χ1) is 14.1. The van der Waals surface area contributed by atoms with Crippen LogP contribution in [0.4, 0.5) is 10.5 Å². The zero-order valence-electron chi connectivity index (χ0n) is 16.3. The number of ether oxygens (including phenoxy) is 2. The SMILES string of the molecule is Cc1cccc(Oc2ncccc2NC(=O)N2CCOCC2c2ncn[nH]2)c1C. The molecule has 0 spiro atoms. The first-order valence-electron chi connectivity index (χ1n) is 9.33. The Labute approximate surface area is 168 Å². The number of hydrogen-bond acceptors (Lipinski definition) is 6. The lowest BCUT2D eigenvalue weighted by atomic mass is 10.1. The highest BCUT2D eigenvalue weighted by Crippen LogP contribution is 2.31. The van der Waals surface area contributed by atoms with E-state index in [2.05, 4.69) is 25.5 Å². The molecule has 1 saturated heterocycles. The summed E-state index contributed by atoms with van der Waals surface area (Å²) in [6.07, 6.45) is 3.04. The number of nitrogens with zero attached hydrogens (tertiary/aromatic N) is 4. The monoisotopic (exact) mass is 394 g/mol. The van der Waals surface area contributed by atoms with Gasteiger partial charge >= 0.3 is 6.03 Å². The van der Waals surface area contributed by atoms with Crippen LogP contribution in [0.2, 0.25) is 0 Å². The van der Waals surface area contributed by atoms with Crippen molar-refractivity contribution in [1.29, 1.82) is 0 Å². The number of aromatic amines is 1. The topological polar surface area (TPSA) is 105 Å². The molecule has 1 fully saturated rings. The molecule has 1 aliphatic rings. The number of carbonyl (C=O) groups excluding carboxylic acids is 1. The quantitative estimate of drug-likeness (QED) is 0.704. The number of H-pyrrole nitrogens is 1. The largest absolute Gasteiger partial charge is 0.437 e. The summed E-state index contributed by atoms with van der Waals surface area (Å²) >= 11 is 0. The molecule has 1 unspecified atom stereocenters. The lowest BCUT2D eigenvalue weighted by Crippen LogP contribution is -2.45. The van der Waals surface area contributed by atoms with Crippen LogP contribution in [0.25, 0.3) is 0 Å². The van der Waals surface area contributed by atoms with Gasteiger partial charge in [-0.1, -0.05) is 12.1 Å². The third kappa shape index (κ3) is 4.04. The predicted octanol–water partition coefficient (Wildman–Crippen LogP) is 3.21. The molecule has 1 aromatic carbocycles. The summed E-state index contributed by atoms with van der Waals surface area (Å²) in [5.41, 5.74) is 2.63. The van der Waals surface area contributed by atoms with Gasteiger partial charge in [-0.2, -0.15) is 5.10 Å². The number of anilines is 1. The van der Waals surface area contributed by atoms with E-state index in [9.17, 15) is 4.79 Å². The third-order valence-corrected chi connectivity index (χ3v) is 4.91. The molecule has 0 aliphatic carbocycles. The maximum atomic E-state index is 13.0. The zero-order chi connectivity index (χ0) is 20.2. The molecule has 3 heterocycles. The minimum atomic E-state index is -0.341. The highest BCUT2D eigenvalue weighted by Gasteiger charge is 2.31. The molecule has 0 radical (unpaired) electrons. The highest BCUT2D eigenvalue weighted by molar-refractivity contribution is 5.91. The number of aromatic nitrogens is 4. The number of hydrogen-bond donors (Lipinski definition) is 2. The van der Waals surface area contributed by atoms with Crippen LogP contribution in [0, 0.1) is 13.8 Å². The minimum absolute atomic E-state index is 0.284. The molecule has 150 valence electrons. The molecule has 1 atom stereocenters. The number of amides is 2. The van der Waals surface area contributed by atoms with E-state index < -0.39 is 0 Å². The third-order valence-electron chi connectivity index (χ3n) is 4.91. The lowest BCUT2D eigenvalue weighted by molar-refractivity contribution is 0.0118. The zero-order valence-corrected chi connectivity index (χ0v) is 16.3. The van der Waals surface area contributed by atoms with Gasteiger partial charge < -0.3 is 19.7 Å². The first kappa shape index (κ1) is 18.9. The molecular weight excluding hydrogens is 372 g/mol. The summed E-state index contributed by atoms with van der Waals surface area (Å²) in [7, 11) is 0. The molecule has 2 amide bonds. The average molecular weight is 394 g/mol. The second kappa shape index (κ2) is 8.27. The van der Waals surface area contributed by atoms with Crippen molar-refractivity contribution in [2.75, 3.05) is 25.1 Å².